The quantitative estimate of drug-likeness (QED) is 0.274. The Morgan fingerprint density at radius 2 is 2.02 bits per heavy atom. The molecule has 9 nitrogen and oxygen atoms in total. The molecule has 1 unspecified atom stereocenters. The second-order valence-corrected chi connectivity index (χ2v) is 13.6. The van der Waals surface area contributed by atoms with Gasteiger partial charge in [0.05, 0.1) is 26.7 Å². The van der Waals surface area contributed by atoms with E-state index in [0.717, 1.165) is 36.8 Å². The number of nitrogen functional groups attached to an aromatic ring is 1. The molecule has 236 valence electrons. The Hall–Kier alpha value is -3.69. The molecule has 45 heavy (non-hydrogen) atoms. The molecule has 4 saturated heterocycles. The standard InChI is InChI=1S/C30H29F5N8OS/c31-15-8-30(5-1-7-43(30)11-15)14-44-28-39-23-18(26(40-28)42-12-16-4-6-29(13-42,41-16)9-20(33)34)10-37-22(21(23)35)17-2-3-19(32)25-24(17)38-27(36)45-25/h2-3,9-10,15-16,41H,1,4-8,11-14H2,(H2,36,38)/t15-,16-,29-,30?/m1/s1. The summed E-state index contributed by atoms with van der Waals surface area (Å²) in [7, 11) is 0. The van der Waals surface area contributed by atoms with Gasteiger partial charge in [-0.25, -0.2) is 18.2 Å². The largest absolute Gasteiger partial charge is 0.461 e. The number of nitrogens with two attached hydrogens (primary N) is 1. The SMILES string of the molecule is Nc1nc2c(-c3ncc4c(N5C[C@H]6CC[C@@](C=C(F)F)(C5)N6)nc(OCC56CCCN5C[C@H](F)C6)nc4c3F)ccc(F)c2s1. The van der Waals surface area contributed by atoms with Crippen molar-refractivity contribution in [1.82, 2.24) is 30.2 Å². The van der Waals surface area contributed by atoms with Gasteiger partial charge in [-0.2, -0.15) is 18.7 Å². The average Bonchev–Trinajstić information content (AvgIpc) is 3.73. The van der Waals surface area contributed by atoms with E-state index < -0.39 is 35.0 Å². The summed E-state index contributed by atoms with van der Waals surface area (Å²) in [5.74, 6) is -1.03. The van der Waals surface area contributed by atoms with E-state index in [9.17, 15) is 17.6 Å². The van der Waals surface area contributed by atoms with Crippen LogP contribution in [0.3, 0.4) is 0 Å². The minimum absolute atomic E-state index is 0.0886. The lowest BCUT2D eigenvalue weighted by molar-refractivity contribution is 0.107. The van der Waals surface area contributed by atoms with Gasteiger partial charge in [0.2, 0.25) is 0 Å². The predicted octanol–water partition coefficient (Wildman–Crippen LogP) is 5.21. The van der Waals surface area contributed by atoms with Gasteiger partial charge in [-0.15, -0.1) is 0 Å². The van der Waals surface area contributed by atoms with Crippen LogP contribution in [-0.2, 0) is 0 Å². The Balaban J connectivity index is 1.25. The van der Waals surface area contributed by atoms with Crippen LogP contribution in [0, 0.1) is 11.6 Å². The zero-order valence-electron chi connectivity index (χ0n) is 24.0. The summed E-state index contributed by atoms with van der Waals surface area (Å²) in [6.07, 6.45) is 2.83. The molecular formula is C30H29F5N8OS. The third-order valence-corrected chi connectivity index (χ3v) is 10.6. The lowest BCUT2D eigenvalue weighted by atomic mass is 9.95. The fourth-order valence-electron chi connectivity index (χ4n) is 7.79. The number of thiazole rings is 1. The molecule has 7 heterocycles. The summed E-state index contributed by atoms with van der Waals surface area (Å²) in [6, 6.07) is 2.41. The van der Waals surface area contributed by atoms with Crippen LogP contribution < -0.4 is 20.7 Å². The van der Waals surface area contributed by atoms with Gasteiger partial charge in [-0.05, 0) is 44.4 Å². The van der Waals surface area contributed by atoms with Crippen molar-refractivity contribution in [3.8, 4) is 17.3 Å². The Bertz CT molecular complexity index is 1870. The van der Waals surface area contributed by atoms with E-state index in [1.54, 1.807) is 0 Å². The molecule has 4 fully saturated rings. The number of nitrogens with one attached hydrogen (secondary N) is 1. The molecule has 4 aromatic rings. The predicted molar refractivity (Wildman–Crippen MR) is 160 cm³/mol. The number of halogens is 5. The minimum atomic E-state index is -1.78. The van der Waals surface area contributed by atoms with Gasteiger partial charge in [0.25, 0.3) is 6.08 Å². The summed E-state index contributed by atoms with van der Waals surface area (Å²) in [4.78, 5) is 21.7. The maximum Gasteiger partial charge on any atom is 0.319 e. The normalized spacial score (nSPS) is 27.9. The summed E-state index contributed by atoms with van der Waals surface area (Å²) in [5, 5.41) is 3.70. The molecule has 15 heteroatoms. The van der Waals surface area contributed by atoms with Crippen molar-refractivity contribution < 1.29 is 26.7 Å². The zero-order chi connectivity index (χ0) is 31.1. The highest BCUT2D eigenvalue weighted by molar-refractivity contribution is 7.22. The van der Waals surface area contributed by atoms with Crippen LogP contribution in [0.2, 0.25) is 0 Å². The van der Waals surface area contributed by atoms with Crippen LogP contribution >= 0.6 is 11.3 Å². The molecule has 8 rings (SSSR count). The molecule has 4 aliphatic rings. The molecule has 0 amide bonds. The van der Waals surface area contributed by atoms with E-state index >= 15 is 4.39 Å². The van der Waals surface area contributed by atoms with E-state index in [0.29, 0.717) is 38.2 Å². The van der Waals surface area contributed by atoms with Gasteiger partial charge < -0.3 is 20.7 Å². The third-order valence-electron chi connectivity index (χ3n) is 9.67. The number of benzene rings is 1. The Kier molecular flexibility index (Phi) is 6.66. The minimum Gasteiger partial charge on any atom is -0.461 e. The Labute approximate surface area is 258 Å². The number of rotatable bonds is 6. The lowest BCUT2D eigenvalue weighted by Crippen LogP contribution is -2.59. The van der Waals surface area contributed by atoms with Crippen LogP contribution in [0.15, 0.2) is 30.5 Å². The van der Waals surface area contributed by atoms with Crippen LogP contribution in [0.25, 0.3) is 32.4 Å². The molecule has 0 saturated carbocycles. The monoisotopic (exact) mass is 644 g/mol. The average molecular weight is 645 g/mol. The number of hydrogen-bond donors (Lipinski definition) is 2. The first kappa shape index (κ1) is 28.8. The maximum absolute atomic E-state index is 16.6. The zero-order valence-corrected chi connectivity index (χ0v) is 24.8. The molecule has 4 atom stereocenters. The highest BCUT2D eigenvalue weighted by Crippen LogP contribution is 2.42. The molecule has 0 spiro atoms. The highest BCUT2D eigenvalue weighted by atomic mass is 32.1. The van der Waals surface area contributed by atoms with Crippen molar-refractivity contribution in [1.29, 1.82) is 0 Å². The number of ether oxygens (including phenoxy) is 1. The molecule has 3 N–H and O–H groups in total. The fraction of sp³-hybridized carbons (Fsp3) is 0.467. The van der Waals surface area contributed by atoms with E-state index in [4.69, 9.17) is 15.5 Å². The number of alkyl halides is 1. The van der Waals surface area contributed by atoms with Crippen molar-refractivity contribution >= 4 is 43.4 Å². The number of pyridine rings is 1. The lowest BCUT2D eigenvalue weighted by Gasteiger charge is -2.40. The van der Waals surface area contributed by atoms with E-state index in [-0.39, 0.29) is 62.7 Å². The van der Waals surface area contributed by atoms with Crippen molar-refractivity contribution in [2.75, 3.05) is 43.4 Å². The van der Waals surface area contributed by atoms with Crippen molar-refractivity contribution in [2.45, 2.75) is 55.4 Å². The molecule has 2 bridgehead atoms. The smallest absolute Gasteiger partial charge is 0.319 e. The third kappa shape index (κ3) is 4.77. The Morgan fingerprint density at radius 3 is 2.87 bits per heavy atom. The second kappa shape index (κ2) is 10.4. The number of piperazine rings is 1. The van der Waals surface area contributed by atoms with Gasteiger partial charge in [-0.1, -0.05) is 11.3 Å². The van der Waals surface area contributed by atoms with Crippen molar-refractivity contribution in [3.05, 3.63) is 42.1 Å². The van der Waals surface area contributed by atoms with E-state index in [2.05, 4.69) is 25.2 Å². The summed E-state index contributed by atoms with van der Waals surface area (Å²) < 4.78 is 79.0. The second-order valence-electron chi connectivity index (χ2n) is 12.6. The van der Waals surface area contributed by atoms with Gasteiger partial charge in [0.15, 0.2) is 10.9 Å². The van der Waals surface area contributed by atoms with Crippen LogP contribution in [0.4, 0.5) is 32.9 Å². The number of anilines is 2. The van der Waals surface area contributed by atoms with E-state index in [1.165, 1.54) is 18.3 Å². The first-order valence-electron chi connectivity index (χ1n) is 14.9. The van der Waals surface area contributed by atoms with Crippen molar-refractivity contribution in [3.63, 3.8) is 0 Å². The maximum atomic E-state index is 16.6. The number of hydrogen-bond acceptors (Lipinski definition) is 10. The van der Waals surface area contributed by atoms with Gasteiger partial charge in [0.1, 0.15) is 35.6 Å². The van der Waals surface area contributed by atoms with Crippen LogP contribution in [0.1, 0.15) is 32.1 Å². The number of nitrogens with zero attached hydrogens (tertiary/aromatic N) is 6. The van der Waals surface area contributed by atoms with Crippen molar-refractivity contribution in [2.24, 2.45) is 0 Å². The van der Waals surface area contributed by atoms with E-state index in [1.807, 2.05) is 4.90 Å². The molecular weight excluding hydrogens is 615 g/mol. The molecule has 1 aromatic carbocycles. The summed E-state index contributed by atoms with van der Waals surface area (Å²) >= 11 is 0.951. The topological polar surface area (TPSA) is 105 Å². The first-order chi connectivity index (χ1) is 21.6. The van der Waals surface area contributed by atoms with Gasteiger partial charge in [0, 0.05) is 49.9 Å². The molecule has 3 aromatic heterocycles. The fourth-order valence-corrected chi connectivity index (χ4v) is 8.56. The molecule has 4 aliphatic heterocycles. The Morgan fingerprint density at radius 1 is 1.16 bits per heavy atom. The van der Waals surface area contributed by atoms with Gasteiger partial charge in [-0.3, -0.25) is 9.88 Å². The molecule has 0 aliphatic carbocycles. The summed E-state index contributed by atoms with van der Waals surface area (Å²) in [5.41, 5.74) is 4.61. The van der Waals surface area contributed by atoms with Gasteiger partial charge >= 0.3 is 6.01 Å². The summed E-state index contributed by atoms with van der Waals surface area (Å²) in [6.45, 7) is 1.84. The highest BCUT2D eigenvalue weighted by Gasteiger charge is 2.50. The van der Waals surface area contributed by atoms with Crippen LogP contribution in [-0.4, -0.2) is 80.9 Å². The van der Waals surface area contributed by atoms with Crippen LogP contribution in [0.5, 0.6) is 6.01 Å². The number of aromatic nitrogens is 4. The first-order valence-corrected chi connectivity index (χ1v) is 15.7. The number of fused-ring (bicyclic) bond motifs is 5. The molecule has 0 radical (unpaired) electrons.